The van der Waals surface area contributed by atoms with Crippen LogP contribution in [0.3, 0.4) is 0 Å². The third kappa shape index (κ3) is 3.45. The lowest BCUT2D eigenvalue weighted by molar-refractivity contribution is -0.134. The molecule has 1 N–H and O–H groups in total. The average Bonchev–Trinajstić information content (AvgIpc) is 2.27. The predicted molar refractivity (Wildman–Crippen MR) is 73.5 cm³/mol. The molecule has 2 saturated heterocycles. The van der Waals surface area contributed by atoms with Gasteiger partial charge in [0.1, 0.15) is 0 Å². The Morgan fingerprint density at radius 1 is 1.33 bits per heavy atom. The topological polar surface area (TPSA) is 35.6 Å². The van der Waals surface area contributed by atoms with Crippen molar-refractivity contribution in [2.45, 2.75) is 39.2 Å². The number of likely N-dealkylation sites (tertiary alicyclic amines) is 1. The fraction of sp³-hybridized carbons (Fsp3) is 0.929. The van der Waals surface area contributed by atoms with Gasteiger partial charge in [0.05, 0.1) is 6.54 Å². The van der Waals surface area contributed by atoms with Gasteiger partial charge in [-0.3, -0.25) is 9.69 Å². The van der Waals surface area contributed by atoms with E-state index in [1.54, 1.807) is 0 Å². The van der Waals surface area contributed by atoms with E-state index in [1.807, 2.05) is 0 Å². The molecule has 0 radical (unpaired) electrons. The van der Waals surface area contributed by atoms with Crippen molar-refractivity contribution in [1.29, 1.82) is 0 Å². The van der Waals surface area contributed by atoms with Gasteiger partial charge in [0.2, 0.25) is 5.91 Å². The van der Waals surface area contributed by atoms with Gasteiger partial charge in [-0.15, -0.1) is 0 Å². The van der Waals surface area contributed by atoms with Gasteiger partial charge in [-0.2, -0.15) is 0 Å². The zero-order chi connectivity index (χ0) is 13.0. The van der Waals surface area contributed by atoms with Crippen molar-refractivity contribution in [2.75, 3.05) is 39.3 Å². The highest BCUT2D eigenvalue weighted by Crippen LogP contribution is 2.16. The van der Waals surface area contributed by atoms with Crippen molar-refractivity contribution >= 4 is 5.91 Å². The monoisotopic (exact) mass is 253 g/mol. The highest BCUT2D eigenvalue weighted by Gasteiger charge is 2.28. The molecule has 2 heterocycles. The maximum atomic E-state index is 12.3. The molecule has 4 nitrogen and oxygen atoms in total. The molecule has 2 aliphatic rings. The summed E-state index contributed by atoms with van der Waals surface area (Å²) in [6.45, 7) is 10.1. The first-order valence-corrected chi connectivity index (χ1v) is 7.43. The number of nitrogens with one attached hydrogen (secondary N) is 1. The van der Waals surface area contributed by atoms with Crippen LogP contribution in [-0.2, 0) is 4.79 Å². The quantitative estimate of drug-likeness (QED) is 0.792. The van der Waals surface area contributed by atoms with Crippen molar-refractivity contribution in [3.63, 3.8) is 0 Å². The van der Waals surface area contributed by atoms with E-state index in [0.29, 0.717) is 18.5 Å². The summed E-state index contributed by atoms with van der Waals surface area (Å²) in [6.07, 6.45) is 3.47. The molecule has 0 aromatic carbocycles. The second-order valence-electron chi connectivity index (χ2n) is 5.85. The summed E-state index contributed by atoms with van der Waals surface area (Å²) in [5, 5.41) is 3.29. The van der Waals surface area contributed by atoms with Gasteiger partial charge in [-0.05, 0) is 31.7 Å². The molecule has 0 bridgehead atoms. The smallest absolute Gasteiger partial charge is 0.236 e. The maximum absolute atomic E-state index is 12.3. The molecule has 18 heavy (non-hydrogen) atoms. The number of piperidine rings is 1. The number of carbonyl (C=O) groups excluding carboxylic acids is 1. The molecule has 0 aromatic heterocycles. The standard InChI is InChI=1S/C14H27N3O/c1-3-6-17(13-9-15-10-13)11-14(18)16-7-4-12(2)5-8-16/h12-13,15H,3-11H2,1-2H3. The van der Waals surface area contributed by atoms with Crippen LogP contribution < -0.4 is 5.32 Å². The van der Waals surface area contributed by atoms with Crippen LogP contribution in [0.1, 0.15) is 33.1 Å². The number of hydrogen-bond donors (Lipinski definition) is 1. The molecule has 0 atom stereocenters. The fourth-order valence-electron chi connectivity index (χ4n) is 2.74. The lowest BCUT2D eigenvalue weighted by Gasteiger charge is -2.39. The molecule has 0 aliphatic carbocycles. The second-order valence-corrected chi connectivity index (χ2v) is 5.85. The van der Waals surface area contributed by atoms with Gasteiger partial charge in [0.25, 0.3) is 0 Å². The molecule has 0 spiro atoms. The van der Waals surface area contributed by atoms with Crippen molar-refractivity contribution < 1.29 is 4.79 Å². The van der Waals surface area contributed by atoms with Crippen molar-refractivity contribution in [3.05, 3.63) is 0 Å². The zero-order valence-electron chi connectivity index (χ0n) is 11.8. The molecule has 2 aliphatic heterocycles. The van der Waals surface area contributed by atoms with E-state index in [1.165, 1.54) is 12.8 Å². The largest absolute Gasteiger partial charge is 0.342 e. The molecular weight excluding hydrogens is 226 g/mol. The Kier molecular flexibility index (Phi) is 5.01. The van der Waals surface area contributed by atoms with E-state index in [-0.39, 0.29) is 0 Å². The van der Waals surface area contributed by atoms with Crippen LogP contribution in [0.5, 0.6) is 0 Å². The normalized spacial score (nSPS) is 22.3. The van der Waals surface area contributed by atoms with E-state index in [9.17, 15) is 4.79 Å². The number of rotatable bonds is 5. The van der Waals surface area contributed by atoms with Crippen LogP contribution in [0.15, 0.2) is 0 Å². The Bertz CT molecular complexity index is 270. The molecular formula is C14H27N3O. The third-order valence-corrected chi connectivity index (χ3v) is 4.26. The van der Waals surface area contributed by atoms with Gasteiger partial charge in [0.15, 0.2) is 0 Å². The summed E-state index contributed by atoms with van der Waals surface area (Å²) in [5.41, 5.74) is 0. The number of nitrogens with zero attached hydrogens (tertiary/aromatic N) is 2. The molecule has 4 heteroatoms. The Morgan fingerprint density at radius 2 is 2.00 bits per heavy atom. The maximum Gasteiger partial charge on any atom is 0.236 e. The van der Waals surface area contributed by atoms with Crippen LogP contribution in [-0.4, -0.2) is 61.0 Å². The van der Waals surface area contributed by atoms with Gasteiger partial charge in [0, 0.05) is 32.2 Å². The first-order valence-electron chi connectivity index (χ1n) is 7.43. The van der Waals surface area contributed by atoms with Crippen molar-refractivity contribution in [3.8, 4) is 0 Å². The van der Waals surface area contributed by atoms with Crippen LogP contribution >= 0.6 is 0 Å². The minimum atomic E-state index is 0.335. The van der Waals surface area contributed by atoms with Crippen molar-refractivity contribution in [2.24, 2.45) is 5.92 Å². The Morgan fingerprint density at radius 3 is 2.50 bits per heavy atom. The minimum absolute atomic E-state index is 0.335. The van der Waals surface area contributed by atoms with Crippen LogP contribution in [0.2, 0.25) is 0 Å². The highest BCUT2D eigenvalue weighted by molar-refractivity contribution is 5.78. The Labute approximate surface area is 111 Å². The summed E-state index contributed by atoms with van der Waals surface area (Å²) in [4.78, 5) is 16.7. The Hall–Kier alpha value is -0.610. The number of hydrogen-bond acceptors (Lipinski definition) is 3. The van der Waals surface area contributed by atoms with Gasteiger partial charge < -0.3 is 10.2 Å². The summed E-state index contributed by atoms with van der Waals surface area (Å²) in [6, 6.07) is 0.581. The molecule has 0 saturated carbocycles. The summed E-state index contributed by atoms with van der Waals surface area (Å²) >= 11 is 0. The predicted octanol–water partition coefficient (Wildman–Crippen LogP) is 0.929. The van der Waals surface area contributed by atoms with E-state index < -0.39 is 0 Å². The first kappa shape index (κ1) is 13.8. The highest BCUT2D eigenvalue weighted by atomic mass is 16.2. The fourth-order valence-corrected chi connectivity index (χ4v) is 2.74. The molecule has 2 rings (SSSR count). The van der Waals surface area contributed by atoms with Gasteiger partial charge >= 0.3 is 0 Å². The molecule has 2 fully saturated rings. The molecule has 0 unspecified atom stereocenters. The molecule has 104 valence electrons. The van der Waals surface area contributed by atoms with Gasteiger partial charge in [-0.25, -0.2) is 0 Å². The van der Waals surface area contributed by atoms with E-state index in [2.05, 4.69) is 29.0 Å². The van der Waals surface area contributed by atoms with Crippen LogP contribution in [0.25, 0.3) is 0 Å². The average molecular weight is 253 g/mol. The SMILES string of the molecule is CCCN(CC(=O)N1CCC(C)CC1)C1CNC1. The lowest BCUT2D eigenvalue weighted by Crippen LogP contribution is -2.59. The third-order valence-electron chi connectivity index (χ3n) is 4.26. The summed E-state index contributed by atoms with van der Waals surface area (Å²) < 4.78 is 0. The number of amides is 1. The minimum Gasteiger partial charge on any atom is -0.342 e. The second kappa shape index (κ2) is 6.53. The first-order chi connectivity index (χ1) is 8.70. The summed E-state index contributed by atoms with van der Waals surface area (Å²) in [5.74, 6) is 1.12. The van der Waals surface area contributed by atoms with Gasteiger partial charge in [-0.1, -0.05) is 13.8 Å². The van der Waals surface area contributed by atoms with Crippen LogP contribution in [0, 0.1) is 5.92 Å². The lowest BCUT2D eigenvalue weighted by atomic mass is 9.99. The zero-order valence-corrected chi connectivity index (χ0v) is 11.8. The molecule has 0 aromatic rings. The van der Waals surface area contributed by atoms with E-state index in [4.69, 9.17) is 0 Å². The van der Waals surface area contributed by atoms with E-state index >= 15 is 0 Å². The summed E-state index contributed by atoms with van der Waals surface area (Å²) in [7, 11) is 0. The van der Waals surface area contributed by atoms with Crippen LogP contribution in [0.4, 0.5) is 0 Å². The Balaban J connectivity index is 1.80. The van der Waals surface area contributed by atoms with E-state index in [0.717, 1.165) is 45.1 Å². The number of carbonyl (C=O) groups is 1. The van der Waals surface area contributed by atoms with Crippen molar-refractivity contribution in [1.82, 2.24) is 15.1 Å². The molecule has 1 amide bonds.